The van der Waals surface area contributed by atoms with Gasteiger partial charge in [-0.3, -0.25) is 4.79 Å². The van der Waals surface area contributed by atoms with E-state index in [4.69, 9.17) is 0 Å². The van der Waals surface area contributed by atoms with Crippen molar-refractivity contribution in [3.05, 3.63) is 0 Å². The highest BCUT2D eigenvalue weighted by Gasteiger charge is 1.93. The molecular weight excluding hydrogens is 200 g/mol. The van der Waals surface area contributed by atoms with Crippen LogP contribution >= 0.6 is 0 Å². The van der Waals surface area contributed by atoms with E-state index in [9.17, 15) is 9.59 Å². The number of ketones is 2. The number of hydrogen-bond donors (Lipinski definition) is 0. The van der Waals surface area contributed by atoms with Crippen LogP contribution in [0.5, 0.6) is 0 Å². The zero-order valence-electron chi connectivity index (χ0n) is 11.5. The van der Waals surface area contributed by atoms with Gasteiger partial charge < -0.3 is 4.79 Å². The van der Waals surface area contributed by atoms with Crippen LogP contribution < -0.4 is 0 Å². The van der Waals surface area contributed by atoms with E-state index in [1.807, 2.05) is 6.92 Å². The lowest BCUT2D eigenvalue weighted by Gasteiger charge is -1.91. The maximum atomic E-state index is 10.6. The lowest BCUT2D eigenvalue weighted by Crippen LogP contribution is -1.92. The summed E-state index contributed by atoms with van der Waals surface area (Å²) in [5.74, 6) is 0.713. The molecule has 0 aromatic carbocycles. The first-order valence-electron chi connectivity index (χ1n) is 6.59. The molecule has 0 saturated heterocycles. The number of hydrogen-bond acceptors (Lipinski definition) is 2. The third-order valence-electron chi connectivity index (χ3n) is 2.34. The van der Waals surface area contributed by atoms with Crippen molar-refractivity contribution in [2.24, 2.45) is 0 Å². The molecule has 96 valence electrons. The number of carbonyl (C=O) groups excluding carboxylic acids is 2. The molecule has 16 heavy (non-hydrogen) atoms. The van der Waals surface area contributed by atoms with Crippen LogP contribution in [-0.2, 0) is 9.59 Å². The van der Waals surface area contributed by atoms with Crippen LogP contribution in [0.2, 0.25) is 0 Å². The summed E-state index contributed by atoms with van der Waals surface area (Å²) in [5.41, 5.74) is 0. The molecule has 0 atom stereocenters. The predicted octanol–water partition coefficient (Wildman–Crippen LogP) is 4.31. The minimum atomic E-state index is 0.318. The Morgan fingerprint density at radius 3 is 1.75 bits per heavy atom. The van der Waals surface area contributed by atoms with Crippen molar-refractivity contribution in [2.45, 2.75) is 79.1 Å². The number of Topliss-reactive ketones (excluding diaryl/α,β-unsaturated/α-hetero) is 2. The van der Waals surface area contributed by atoms with E-state index < -0.39 is 0 Å². The highest BCUT2D eigenvalue weighted by molar-refractivity contribution is 5.77. The maximum absolute atomic E-state index is 10.6. The van der Waals surface area contributed by atoms with E-state index in [0.29, 0.717) is 18.0 Å². The molecule has 0 N–H and O–H groups in total. The third-order valence-corrected chi connectivity index (χ3v) is 2.34. The molecule has 2 nitrogen and oxygen atoms in total. The first kappa shape index (κ1) is 17.7. The molecule has 0 unspecified atom stereocenters. The van der Waals surface area contributed by atoms with Crippen LogP contribution in [0.25, 0.3) is 0 Å². The fourth-order valence-electron chi connectivity index (χ4n) is 1.17. The van der Waals surface area contributed by atoms with Crippen LogP contribution in [0.15, 0.2) is 0 Å². The first-order valence-corrected chi connectivity index (χ1v) is 6.59. The molecule has 0 aliphatic carbocycles. The van der Waals surface area contributed by atoms with Crippen LogP contribution in [0, 0.1) is 0 Å². The van der Waals surface area contributed by atoms with Crippen LogP contribution in [-0.4, -0.2) is 11.6 Å². The summed E-state index contributed by atoms with van der Waals surface area (Å²) in [6.45, 7) is 7.80. The lowest BCUT2D eigenvalue weighted by molar-refractivity contribution is -0.119. The van der Waals surface area contributed by atoms with E-state index in [0.717, 1.165) is 32.1 Å². The van der Waals surface area contributed by atoms with E-state index in [2.05, 4.69) is 13.8 Å². The van der Waals surface area contributed by atoms with Crippen molar-refractivity contribution in [3.8, 4) is 0 Å². The SMILES string of the molecule is CCCCC(=O)CC.CCCCCC(C)=O. The average Bonchev–Trinajstić information content (AvgIpc) is 2.26. The lowest BCUT2D eigenvalue weighted by atomic mass is 10.1. The normalized spacial score (nSPS) is 9.25. The summed E-state index contributed by atoms with van der Waals surface area (Å²) >= 11 is 0. The molecule has 0 rings (SSSR count). The predicted molar refractivity (Wildman–Crippen MR) is 69.6 cm³/mol. The Morgan fingerprint density at radius 1 is 0.812 bits per heavy atom. The van der Waals surface area contributed by atoms with Gasteiger partial charge in [-0.25, -0.2) is 0 Å². The molecule has 0 fully saturated rings. The summed E-state index contributed by atoms with van der Waals surface area (Å²) in [6, 6.07) is 0. The zero-order valence-corrected chi connectivity index (χ0v) is 11.5. The average molecular weight is 228 g/mol. The van der Waals surface area contributed by atoms with Gasteiger partial charge in [0.1, 0.15) is 11.6 Å². The minimum absolute atomic E-state index is 0.318. The second-order valence-corrected chi connectivity index (χ2v) is 4.15. The van der Waals surface area contributed by atoms with Crippen LogP contribution in [0.4, 0.5) is 0 Å². The second-order valence-electron chi connectivity index (χ2n) is 4.15. The van der Waals surface area contributed by atoms with E-state index in [1.165, 1.54) is 12.8 Å². The largest absolute Gasteiger partial charge is 0.300 e. The highest BCUT2D eigenvalue weighted by Crippen LogP contribution is 1.98. The van der Waals surface area contributed by atoms with Crippen molar-refractivity contribution in [1.29, 1.82) is 0 Å². The van der Waals surface area contributed by atoms with E-state index >= 15 is 0 Å². The summed E-state index contributed by atoms with van der Waals surface area (Å²) in [6.07, 6.45) is 7.93. The van der Waals surface area contributed by atoms with Crippen molar-refractivity contribution in [2.75, 3.05) is 0 Å². The fraction of sp³-hybridized carbons (Fsp3) is 0.857. The van der Waals surface area contributed by atoms with Gasteiger partial charge in [0, 0.05) is 19.3 Å². The van der Waals surface area contributed by atoms with Gasteiger partial charge in [0.2, 0.25) is 0 Å². The van der Waals surface area contributed by atoms with Gasteiger partial charge in [0.05, 0.1) is 0 Å². The first-order chi connectivity index (χ1) is 7.58. The van der Waals surface area contributed by atoms with Crippen molar-refractivity contribution in [3.63, 3.8) is 0 Å². The molecule has 0 aromatic rings. The van der Waals surface area contributed by atoms with Gasteiger partial charge in [-0.15, -0.1) is 0 Å². The molecule has 0 amide bonds. The van der Waals surface area contributed by atoms with Crippen molar-refractivity contribution >= 4 is 11.6 Å². The Labute approximate surface area is 101 Å². The Morgan fingerprint density at radius 2 is 1.38 bits per heavy atom. The Kier molecular flexibility index (Phi) is 15.9. The molecule has 0 radical (unpaired) electrons. The van der Waals surface area contributed by atoms with Crippen molar-refractivity contribution in [1.82, 2.24) is 0 Å². The van der Waals surface area contributed by atoms with Gasteiger partial charge in [-0.2, -0.15) is 0 Å². The molecule has 0 aromatic heterocycles. The van der Waals surface area contributed by atoms with Gasteiger partial charge in [0.25, 0.3) is 0 Å². The Hall–Kier alpha value is -0.660. The quantitative estimate of drug-likeness (QED) is 0.580. The van der Waals surface area contributed by atoms with E-state index in [1.54, 1.807) is 6.92 Å². The van der Waals surface area contributed by atoms with Gasteiger partial charge in [-0.1, -0.05) is 40.0 Å². The second kappa shape index (κ2) is 14.3. The van der Waals surface area contributed by atoms with Gasteiger partial charge in [0.15, 0.2) is 0 Å². The summed E-state index contributed by atoms with van der Waals surface area (Å²) in [4.78, 5) is 20.9. The topological polar surface area (TPSA) is 34.1 Å². The highest BCUT2D eigenvalue weighted by atomic mass is 16.1. The standard InChI is InChI=1S/2C7H14O/c1-3-4-5-6-7(2)8;1-3-5-6-7(8)4-2/h2*3-6H2,1-2H3. The fourth-order valence-corrected chi connectivity index (χ4v) is 1.17. The number of unbranched alkanes of at least 4 members (excludes halogenated alkanes) is 3. The zero-order chi connectivity index (χ0) is 12.8. The van der Waals surface area contributed by atoms with Crippen molar-refractivity contribution < 1.29 is 9.59 Å². The monoisotopic (exact) mass is 228 g/mol. The maximum Gasteiger partial charge on any atom is 0.132 e. The molecular formula is C14H28O2. The van der Waals surface area contributed by atoms with E-state index in [-0.39, 0.29) is 0 Å². The van der Waals surface area contributed by atoms with Crippen LogP contribution in [0.1, 0.15) is 79.1 Å². The summed E-state index contributed by atoms with van der Waals surface area (Å²) in [7, 11) is 0. The van der Waals surface area contributed by atoms with Crippen LogP contribution in [0.3, 0.4) is 0 Å². The Balaban J connectivity index is 0. The third kappa shape index (κ3) is 19.0. The molecule has 0 spiro atoms. The molecule has 0 heterocycles. The summed E-state index contributed by atoms with van der Waals surface area (Å²) in [5, 5.41) is 0. The molecule has 0 saturated carbocycles. The molecule has 0 aliphatic heterocycles. The smallest absolute Gasteiger partial charge is 0.132 e. The molecule has 2 heteroatoms. The van der Waals surface area contributed by atoms with Gasteiger partial charge in [-0.05, 0) is 19.8 Å². The minimum Gasteiger partial charge on any atom is -0.300 e. The molecule has 0 aliphatic rings. The van der Waals surface area contributed by atoms with Gasteiger partial charge >= 0.3 is 0 Å². The number of rotatable bonds is 8. The Bertz CT molecular complexity index is 174. The number of carbonyl (C=O) groups is 2. The molecule has 0 bridgehead atoms. The summed E-state index contributed by atoms with van der Waals surface area (Å²) < 4.78 is 0.